The Balaban J connectivity index is 2.19. The molecule has 0 spiro atoms. The predicted octanol–water partition coefficient (Wildman–Crippen LogP) is 4.12. The highest BCUT2D eigenvalue weighted by atomic mass is 15.1. The molecule has 0 saturated heterocycles. The Hall–Kier alpha value is -2.09. The van der Waals surface area contributed by atoms with Gasteiger partial charge in [-0.1, -0.05) is 50.2 Å². The molecule has 0 bridgehead atoms. The standard InChI is InChI=1S/C18H18N2/c1-18(2)11-20(3)15-10-19-17-13-7-5-4-6-12(13)8-9-14(17)16(15)18/h4-10H,11H2,1-3H3. The van der Waals surface area contributed by atoms with Crippen molar-refractivity contribution in [1.82, 2.24) is 4.98 Å². The minimum atomic E-state index is 0.174. The third kappa shape index (κ3) is 1.42. The third-order valence-corrected chi connectivity index (χ3v) is 4.46. The molecule has 2 heterocycles. The maximum atomic E-state index is 4.76. The van der Waals surface area contributed by atoms with Crippen LogP contribution in [0, 0.1) is 0 Å². The first-order valence-corrected chi connectivity index (χ1v) is 7.10. The second-order valence-electron chi connectivity index (χ2n) is 6.44. The van der Waals surface area contributed by atoms with E-state index in [2.05, 4.69) is 62.2 Å². The van der Waals surface area contributed by atoms with E-state index in [4.69, 9.17) is 4.98 Å². The van der Waals surface area contributed by atoms with E-state index in [1.54, 1.807) is 0 Å². The van der Waals surface area contributed by atoms with Crippen molar-refractivity contribution in [3.05, 3.63) is 48.2 Å². The molecule has 2 nitrogen and oxygen atoms in total. The van der Waals surface area contributed by atoms with Gasteiger partial charge in [0.1, 0.15) is 0 Å². The van der Waals surface area contributed by atoms with Gasteiger partial charge in [-0.15, -0.1) is 0 Å². The Morgan fingerprint density at radius 2 is 1.85 bits per heavy atom. The zero-order valence-electron chi connectivity index (χ0n) is 12.1. The number of rotatable bonds is 0. The van der Waals surface area contributed by atoms with Gasteiger partial charge in [-0.3, -0.25) is 4.98 Å². The SMILES string of the molecule is CN1CC(C)(C)c2c1cnc1c2ccc2ccccc21. The Labute approximate surface area is 119 Å². The molecule has 0 amide bonds. The maximum absolute atomic E-state index is 4.76. The van der Waals surface area contributed by atoms with Gasteiger partial charge in [0.25, 0.3) is 0 Å². The summed E-state index contributed by atoms with van der Waals surface area (Å²) in [4.78, 5) is 7.07. The van der Waals surface area contributed by atoms with Crippen LogP contribution in [0.2, 0.25) is 0 Å². The molecule has 1 aliphatic heterocycles. The molecule has 1 aliphatic rings. The first kappa shape index (κ1) is 11.7. The summed E-state index contributed by atoms with van der Waals surface area (Å²) in [6.45, 7) is 5.70. The molecule has 20 heavy (non-hydrogen) atoms. The van der Waals surface area contributed by atoms with E-state index in [0.29, 0.717) is 0 Å². The van der Waals surface area contributed by atoms with Crippen molar-refractivity contribution in [2.75, 3.05) is 18.5 Å². The zero-order valence-corrected chi connectivity index (χ0v) is 12.1. The lowest BCUT2D eigenvalue weighted by molar-refractivity contribution is 0.567. The fourth-order valence-electron chi connectivity index (χ4n) is 3.68. The van der Waals surface area contributed by atoms with E-state index in [1.807, 2.05) is 6.20 Å². The largest absolute Gasteiger partial charge is 0.372 e. The van der Waals surface area contributed by atoms with Gasteiger partial charge in [0.15, 0.2) is 0 Å². The van der Waals surface area contributed by atoms with Gasteiger partial charge in [0.2, 0.25) is 0 Å². The van der Waals surface area contributed by atoms with Gasteiger partial charge in [0.05, 0.1) is 17.4 Å². The van der Waals surface area contributed by atoms with Crippen molar-refractivity contribution in [3.8, 4) is 0 Å². The molecule has 2 aromatic carbocycles. The van der Waals surface area contributed by atoms with Crippen molar-refractivity contribution in [3.63, 3.8) is 0 Å². The monoisotopic (exact) mass is 262 g/mol. The number of likely N-dealkylation sites (N-methyl/N-ethyl adjacent to an activating group) is 1. The molecule has 0 unspecified atom stereocenters. The van der Waals surface area contributed by atoms with Crippen LogP contribution in [-0.4, -0.2) is 18.6 Å². The van der Waals surface area contributed by atoms with E-state index in [-0.39, 0.29) is 5.41 Å². The van der Waals surface area contributed by atoms with Crippen LogP contribution in [0.25, 0.3) is 21.7 Å². The van der Waals surface area contributed by atoms with Crippen molar-refractivity contribution in [1.29, 1.82) is 0 Å². The van der Waals surface area contributed by atoms with Crippen LogP contribution < -0.4 is 4.90 Å². The summed E-state index contributed by atoms with van der Waals surface area (Å²) < 4.78 is 0. The summed E-state index contributed by atoms with van der Waals surface area (Å²) in [6, 6.07) is 13.0. The molecule has 1 aromatic heterocycles. The number of benzene rings is 2. The number of hydrogen-bond donors (Lipinski definition) is 0. The third-order valence-electron chi connectivity index (χ3n) is 4.46. The van der Waals surface area contributed by atoms with Crippen molar-refractivity contribution in [2.45, 2.75) is 19.3 Å². The lowest BCUT2D eigenvalue weighted by Gasteiger charge is -2.20. The highest BCUT2D eigenvalue weighted by Gasteiger charge is 2.35. The van der Waals surface area contributed by atoms with Crippen LogP contribution in [0.3, 0.4) is 0 Å². The first-order chi connectivity index (χ1) is 9.58. The van der Waals surface area contributed by atoms with Gasteiger partial charge in [0, 0.05) is 29.8 Å². The van der Waals surface area contributed by atoms with Crippen molar-refractivity contribution in [2.24, 2.45) is 0 Å². The molecular weight excluding hydrogens is 244 g/mol. The zero-order chi connectivity index (χ0) is 13.9. The molecule has 0 N–H and O–H groups in total. The topological polar surface area (TPSA) is 16.1 Å². The van der Waals surface area contributed by atoms with Gasteiger partial charge in [-0.05, 0) is 10.9 Å². The molecule has 0 atom stereocenters. The van der Waals surface area contributed by atoms with Gasteiger partial charge in [-0.25, -0.2) is 0 Å². The Bertz CT molecular complexity index is 833. The number of pyridine rings is 1. The highest BCUT2D eigenvalue weighted by Crippen LogP contribution is 2.44. The van der Waals surface area contributed by atoms with Crippen LogP contribution in [0.15, 0.2) is 42.6 Å². The predicted molar refractivity (Wildman–Crippen MR) is 85.5 cm³/mol. The average molecular weight is 262 g/mol. The molecule has 3 aromatic rings. The first-order valence-electron chi connectivity index (χ1n) is 7.10. The van der Waals surface area contributed by atoms with E-state index in [1.165, 1.54) is 27.4 Å². The van der Waals surface area contributed by atoms with Gasteiger partial charge >= 0.3 is 0 Å². The van der Waals surface area contributed by atoms with Crippen molar-refractivity contribution >= 4 is 27.4 Å². The molecule has 0 fully saturated rings. The Morgan fingerprint density at radius 3 is 2.70 bits per heavy atom. The number of fused-ring (bicyclic) bond motifs is 5. The normalized spacial score (nSPS) is 16.9. The quantitative estimate of drug-likeness (QED) is 0.567. The Morgan fingerprint density at radius 1 is 1.05 bits per heavy atom. The van der Waals surface area contributed by atoms with Crippen molar-refractivity contribution < 1.29 is 0 Å². The molecule has 0 radical (unpaired) electrons. The Kier molecular flexibility index (Phi) is 2.18. The summed E-state index contributed by atoms with van der Waals surface area (Å²) in [5.41, 5.74) is 4.02. The van der Waals surface area contributed by atoms with Crippen LogP contribution in [-0.2, 0) is 5.41 Å². The van der Waals surface area contributed by atoms with Gasteiger partial charge in [-0.2, -0.15) is 0 Å². The fraction of sp³-hybridized carbons (Fsp3) is 0.278. The second kappa shape index (κ2) is 3.72. The summed E-state index contributed by atoms with van der Waals surface area (Å²) in [5.74, 6) is 0. The van der Waals surface area contributed by atoms with Crippen LogP contribution >= 0.6 is 0 Å². The highest BCUT2D eigenvalue weighted by molar-refractivity contribution is 6.07. The van der Waals surface area contributed by atoms with E-state index in [9.17, 15) is 0 Å². The second-order valence-corrected chi connectivity index (χ2v) is 6.44. The molecule has 0 saturated carbocycles. The number of aromatic nitrogens is 1. The molecule has 2 heteroatoms. The summed E-state index contributed by atoms with van der Waals surface area (Å²) in [5, 5.41) is 3.81. The lowest BCUT2D eigenvalue weighted by Crippen LogP contribution is -2.25. The lowest BCUT2D eigenvalue weighted by atomic mass is 9.84. The number of hydrogen-bond acceptors (Lipinski definition) is 2. The van der Waals surface area contributed by atoms with E-state index in [0.717, 1.165) is 12.1 Å². The minimum absolute atomic E-state index is 0.174. The van der Waals surface area contributed by atoms with E-state index < -0.39 is 0 Å². The molecular formula is C18H18N2. The molecule has 4 rings (SSSR count). The summed E-state index contributed by atoms with van der Waals surface area (Å²) >= 11 is 0. The number of anilines is 1. The van der Waals surface area contributed by atoms with Gasteiger partial charge < -0.3 is 4.90 Å². The van der Waals surface area contributed by atoms with Crippen LogP contribution in [0.4, 0.5) is 5.69 Å². The smallest absolute Gasteiger partial charge is 0.0784 e. The van der Waals surface area contributed by atoms with Crippen LogP contribution in [0.5, 0.6) is 0 Å². The summed E-state index contributed by atoms with van der Waals surface area (Å²) in [7, 11) is 2.15. The maximum Gasteiger partial charge on any atom is 0.0784 e. The summed E-state index contributed by atoms with van der Waals surface area (Å²) in [6.07, 6.45) is 2.04. The van der Waals surface area contributed by atoms with E-state index >= 15 is 0 Å². The molecule has 0 aliphatic carbocycles. The fourth-order valence-corrected chi connectivity index (χ4v) is 3.68. The van der Waals surface area contributed by atoms with Crippen LogP contribution in [0.1, 0.15) is 19.4 Å². The molecule has 100 valence electrons. The average Bonchev–Trinajstić information content (AvgIpc) is 2.68. The number of nitrogens with zero attached hydrogens (tertiary/aromatic N) is 2. The minimum Gasteiger partial charge on any atom is -0.372 e.